The average molecular weight is 535 g/mol. The lowest BCUT2D eigenvalue weighted by Crippen LogP contribution is -2.23. The Labute approximate surface area is 237 Å². The number of carbonyl (C=O) groups excluding carboxylic acids is 2. The van der Waals surface area contributed by atoms with Gasteiger partial charge in [-0.05, 0) is 44.9 Å². The third-order valence-corrected chi connectivity index (χ3v) is 7.59. The van der Waals surface area contributed by atoms with Crippen LogP contribution in [0, 0.1) is 0 Å². The number of nitrogens with one attached hydrogen (secondary N) is 1. The van der Waals surface area contributed by atoms with Gasteiger partial charge in [0.1, 0.15) is 0 Å². The first-order valence-electron chi connectivity index (χ1n) is 16.9. The van der Waals surface area contributed by atoms with Gasteiger partial charge in [0.15, 0.2) is 0 Å². The molecule has 0 fully saturated rings. The highest BCUT2D eigenvalue weighted by Gasteiger charge is 2.01. The van der Waals surface area contributed by atoms with Gasteiger partial charge in [-0.15, -0.1) is 0 Å². The number of unbranched alkanes of at least 4 members (excludes halogenated alkanes) is 23. The van der Waals surface area contributed by atoms with E-state index >= 15 is 0 Å². The van der Waals surface area contributed by atoms with Crippen LogP contribution in [0.4, 0.5) is 0 Å². The van der Waals surface area contributed by atoms with Crippen LogP contribution >= 0.6 is 0 Å². The number of carbonyl (C=O) groups is 2. The summed E-state index contributed by atoms with van der Waals surface area (Å²) >= 11 is 0. The summed E-state index contributed by atoms with van der Waals surface area (Å²) in [5, 5.41) is 3.11. The summed E-state index contributed by atoms with van der Waals surface area (Å²) in [7, 11) is 0. The van der Waals surface area contributed by atoms with E-state index in [4.69, 9.17) is 5.73 Å². The van der Waals surface area contributed by atoms with Gasteiger partial charge in [0, 0.05) is 19.4 Å². The zero-order valence-electron chi connectivity index (χ0n) is 25.6. The van der Waals surface area contributed by atoms with Crippen LogP contribution in [-0.4, -0.2) is 18.4 Å². The molecule has 0 heterocycles. The minimum Gasteiger partial charge on any atom is -0.370 e. The van der Waals surface area contributed by atoms with E-state index in [2.05, 4.69) is 24.4 Å². The minimum absolute atomic E-state index is 0.172. The van der Waals surface area contributed by atoms with E-state index < -0.39 is 0 Å². The largest absolute Gasteiger partial charge is 0.370 e. The van der Waals surface area contributed by atoms with Gasteiger partial charge < -0.3 is 11.1 Å². The maximum absolute atomic E-state index is 12.0. The molecule has 2 amide bonds. The monoisotopic (exact) mass is 535 g/mol. The molecule has 0 aliphatic carbocycles. The van der Waals surface area contributed by atoms with Gasteiger partial charge >= 0.3 is 0 Å². The fourth-order valence-electron chi connectivity index (χ4n) is 5.04. The minimum atomic E-state index is -0.172. The van der Waals surface area contributed by atoms with E-state index in [1.54, 1.807) is 0 Å². The second-order valence-electron chi connectivity index (χ2n) is 11.5. The zero-order valence-corrected chi connectivity index (χ0v) is 25.6. The standard InChI is InChI=1S/C34H66N2O2/c1-2-3-4-5-6-7-8-9-10-11-14-17-20-23-26-29-32-36-34(38)31-28-25-22-19-16-13-12-15-18-21-24-27-30-33(35)37/h9-10H,2-8,11-32H2,1H3,(H2,35,37)(H,36,38). The van der Waals surface area contributed by atoms with Crippen molar-refractivity contribution in [2.75, 3.05) is 6.54 Å². The predicted molar refractivity (Wildman–Crippen MR) is 166 cm³/mol. The van der Waals surface area contributed by atoms with Gasteiger partial charge in [-0.3, -0.25) is 9.59 Å². The van der Waals surface area contributed by atoms with Crippen LogP contribution in [-0.2, 0) is 9.59 Å². The molecule has 0 spiro atoms. The van der Waals surface area contributed by atoms with Crippen LogP contribution in [0.3, 0.4) is 0 Å². The van der Waals surface area contributed by atoms with Crippen LogP contribution in [0.5, 0.6) is 0 Å². The average Bonchev–Trinajstić information content (AvgIpc) is 2.90. The summed E-state index contributed by atoms with van der Waals surface area (Å²) in [5.41, 5.74) is 5.15. The van der Waals surface area contributed by atoms with E-state index in [1.807, 2.05) is 0 Å². The van der Waals surface area contributed by atoms with Crippen LogP contribution in [0.2, 0.25) is 0 Å². The van der Waals surface area contributed by atoms with Crippen molar-refractivity contribution in [1.29, 1.82) is 0 Å². The van der Waals surface area contributed by atoms with Crippen molar-refractivity contribution in [3.8, 4) is 0 Å². The van der Waals surface area contributed by atoms with Gasteiger partial charge in [0.05, 0.1) is 0 Å². The molecule has 0 aliphatic rings. The fraction of sp³-hybridized carbons (Fsp3) is 0.882. The van der Waals surface area contributed by atoms with E-state index in [9.17, 15) is 9.59 Å². The highest BCUT2D eigenvalue weighted by molar-refractivity contribution is 5.75. The third-order valence-electron chi connectivity index (χ3n) is 7.59. The smallest absolute Gasteiger partial charge is 0.219 e. The molecule has 0 aromatic carbocycles. The van der Waals surface area contributed by atoms with E-state index in [0.29, 0.717) is 12.8 Å². The molecule has 0 aromatic rings. The molecule has 3 N–H and O–H groups in total. The van der Waals surface area contributed by atoms with Crippen LogP contribution in [0.1, 0.15) is 187 Å². The zero-order chi connectivity index (χ0) is 27.8. The van der Waals surface area contributed by atoms with Crippen LogP contribution < -0.4 is 11.1 Å². The molecule has 0 saturated heterocycles. The number of rotatable bonds is 31. The van der Waals surface area contributed by atoms with Crippen molar-refractivity contribution >= 4 is 11.8 Å². The number of primary amides is 1. The molecule has 0 aliphatic heterocycles. The molecule has 0 unspecified atom stereocenters. The summed E-state index contributed by atoms with van der Waals surface area (Å²) in [6, 6.07) is 0. The van der Waals surface area contributed by atoms with Gasteiger partial charge in [-0.1, -0.05) is 141 Å². The third kappa shape index (κ3) is 32.7. The number of nitrogens with two attached hydrogens (primary N) is 1. The van der Waals surface area contributed by atoms with Crippen molar-refractivity contribution in [3.63, 3.8) is 0 Å². The molecule has 0 aromatic heterocycles. The summed E-state index contributed by atoms with van der Waals surface area (Å²) in [5.74, 6) is 0.0724. The summed E-state index contributed by atoms with van der Waals surface area (Å²) < 4.78 is 0. The van der Waals surface area contributed by atoms with Gasteiger partial charge in [-0.2, -0.15) is 0 Å². The molecule has 4 nitrogen and oxygen atoms in total. The first kappa shape index (κ1) is 36.7. The molecule has 0 radical (unpaired) electrons. The van der Waals surface area contributed by atoms with E-state index in [-0.39, 0.29) is 11.8 Å². The molecule has 0 saturated carbocycles. The predicted octanol–water partition coefficient (Wildman–Crippen LogP) is 10.1. The molecule has 4 heteroatoms. The molecule has 224 valence electrons. The summed E-state index contributed by atoms with van der Waals surface area (Å²) in [4.78, 5) is 22.7. The Morgan fingerprint density at radius 3 is 1.32 bits per heavy atom. The van der Waals surface area contributed by atoms with Crippen LogP contribution in [0.25, 0.3) is 0 Å². The molecule has 38 heavy (non-hydrogen) atoms. The number of allylic oxidation sites excluding steroid dienone is 2. The van der Waals surface area contributed by atoms with Crippen molar-refractivity contribution in [1.82, 2.24) is 5.32 Å². The Balaban J connectivity index is 3.20. The van der Waals surface area contributed by atoms with Crippen molar-refractivity contribution in [3.05, 3.63) is 12.2 Å². The summed E-state index contributed by atoms with van der Waals surface area (Å²) in [6.07, 6.45) is 39.2. The van der Waals surface area contributed by atoms with Crippen molar-refractivity contribution in [2.45, 2.75) is 187 Å². The SMILES string of the molecule is CCCCCCCCC=CCCCCCCCCNC(=O)CCCCCCCCCCCCCCC(N)=O. The second-order valence-corrected chi connectivity index (χ2v) is 11.5. The Hall–Kier alpha value is -1.32. The second kappa shape index (κ2) is 31.9. The van der Waals surface area contributed by atoms with E-state index in [1.165, 1.54) is 141 Å². The number of hydrogen-bond acceptors (Lipinski definition) is 2. The molecular formula is C34H66N2O2. The first-order valence-corrected chi connectivity index (χ1v) is 16.9. The van der Waals surface area contributed by atoms with Gasteiger partial charge in [0.25, 0.3) is 0 Å². The molecular weight excluding hydrogens is 468 g/mol. The lowest BCUT2D eigenvalue weighted by Gasteiger charge is -2.06. The number of hydrogen-bond donors (Lipinski definition) is 2. The Morgan fingerprint density at radius 2 is 0.868 bits per heavy atom. The number of amides is 2. The highest BCUT2D eigenvalue weighted by atomic mass is 16.1. The maximum atomic E-state index is 12.0. The van der Waals surface area contributed by atoms with Gasteiger partial charge in [-0.25, -0.2) is 0 Å². The quantitative estimate of drug-likeness (QED) is 0.0686. The Morgan fingerprint density at radius 1 is 0.500 bits per heavy atom. The fourth-order valence-corrected chi connectivity index (χ4v) is 5.04. The normalized spacial score (nSPS) is 11.4. The molecule has 0 atom stereocenters. The highest BCUT2D eigenvalue weighted by Crippen LogP contribution is 2.13. The lowest BCUT2D eigenvalue weighted by atomic mass is 10.0. The van der Waals surface area contributed by atoms with Crippen molar-refractivity contribution < 1.29 is 9.59 Å². The maximum Gasteiger partial charge on any atom is 0.219 e. The van der Waals surface area contributed by atoms with E-state index in [0.717, 1.165) is 32.2 Å². The first-order chi connectivity index (χ1) is 18.7. The lowest BCUT2D eigenvalue weighted by molar-refractivity contribution is -0.121. The topological polar surface area (TPSA) is 72.2 Å². The Bertz CT molecular complexity index is 533. The Kier molecular flexibility index (Phi) is 30.8. The summed E-state index contributed by atoms with van der Waals surface area (Å²) in [6.45, 7) is 3.13. The van der Waals surface area contributed by atoms with Gasteiger partial charge in [0.2, 0.25) is 11.8 Å². The molecule has 0 rings (SSSR count). The molecule has 0 bridgehead atoms. The van der Waals surface area contributed by atoms with Crippen LogP contribution in [0.15, 0.2) is 12.2 Å². The van der Waals surface area contributed by atoms with Crippen molar-refractivity contribution in [2.24, 2.45) is 5.73 Å².